The van der Waals surface area contributed by atoms with Crippen molar-refractivity contribution >= 4 is 23.7 Å². The van der Waals surface area contributed by atoms with Gasteiger partial charge >= 0.3 is 6.03 Å². The molecule has 1 aromatic rings. The minimum Gasteiger partial charge on any atom is -0.334 e. The third-order valence-corrected chi connectivity index (χ3v) is 5.36. The van der Waals surface area contributed by atoms with Gasteiger partial charge in [-0.1, -0.05) is 24.3 Å². The quantitative estimate of drug-likeness (QED) is 0.588. The number of nitrogens with one attached hydrogen (secondary N) is 2. The largest absolute Gasteiger partial charge is 0.334 e. The molecule has 2 atom stereocenters. The number of carbonyl (C=O) groups is 2. The molecule has 130 valence electrons. The van der Waals surface area contributed by atoms with E-state index in [0.29, 0.717) is 12.5 Å². The van der Waals surface area contributed by atoms with Crippen LogP contribution in [0.15, 0.2) is 47.9 Å². The van der Waals surface area contributed by atoms with Gasteiger partial charge in [0.2, 0.25) is 5.91 Å². The number of rotatable bonds is 7. The maximum atomic E-state index is 12.1. The number of thioether (sulfide) groups is 1. The van der Waals surface area contributed by atoms with Crippen molar-refractivity contribution in [2.45, 2.75) is 24.3 Å². The molecule has 3 amide bonds. The van der Waals surface area contributed by atoms with Gasteiger partial charge in [-0.2, -0.15) is 0 Å². The van der Waals surface area contributed by atoms with E-state index in [1.165, 1.54) is 4.90 Å². The summed E-state index contributed by atoms with van der Waals surface area (Å²) >= 11 is 1.86. The van der Waals surface area contributed by atoms with Crippen LogP contribution in [0.1, 0.15) is 13.3 Å². The summed E-state index contributed by atoms with van der Waals surface area (Å²) in [5.41, 5.74) is 0. The summed E-state index contributed by atoms with van der Waals surface area (Å²) in [4.78, 5) is 27.1. The zero-order valence-corrected chi connectivity index (χ0v) is 14.8. The molecule has 0 unspecified atom stereocenters. The van der Waals surface area contributed by atoms with Gasteiger partial charge in [-0.25, -0.2) is 4.79 Å². The molecule has 1 aliphatic rings. The molecule has 24 heavy (non-hydrogen) atoms. The summed E-state index contributed by atoms with van der Waals surface area (Å²) in [6.07, 6.45) is 2.66. The normalized spacial score (nSPS) is 18.8. The highest BCUT2D eigenvalue weighted by molar-refractivity contribution is 7.99. The van der Waals surface area contributed by atoms with E-state index in [4.69, 9.17) is 0 Å². The molecule has 5 nitrogen and oxygen atoms in total. The van der Waals surface area contributed by atoms with Gasteiger partial charge < -0.3 is 5.32 Å². The van der Waals surface area contributed by atoms with Gasteiger partial charge in [-0.05, 0) is 37.9 Å². The first kappa shape index (κ1) is 18.5. The van der Waals surface area contributed by atoms with Gasteiger partial charge in [0.05, 0.1) is 6.04 Å². The number of amides is 3. The summed E-state index contributed by atoms with van der Waals surface area (Å²) in [6, 6.07) is 9.59. The highest BCUT2D eigenvalue weighted by Gasteiger charge is 2.30. The second-order valence-electron chi connectivity index (χ2n) is 5.94. The van der Waals surface area contributed by atoms with Crippen LogP contribution in [0.2, 0.25) is 0 Å². The van der Waals surface area contributed by atoms with E-state index in [9.17, 15) is 9.59 Å². The van der Waals surface area contributed by atoms with E-state index >= 15 is 0 Å². The van der Waals surface area contributed by atoms with E-state index in [0.717, 1.165) is 25.3 Å². The SMILES string of the molecule is C=CCNC(=O)NC(=O)[C@H](C)N1CC[C@@H](CSc2ccccc2)C1. The lowest BCUT2D eigenvalue weighted by molar-refractivity contribution is -0.124. The molecule has 0 spiro atoms. The number of carbonyl (C=O) groups excluding carboxylic acids is 2. The molecule has 1 aromatic carbocycles. The van der Waals surface area contributed by atoms with Crippen molar-refractivity contribution in [3.05, 3.63) is 43.0 Å². The number of nitrogens with zero attached hydrogens (tertiary/aromatic N) is 1. The zero-order valence-electron chi connectivity index (χ0n) is 14.0. The minimum absolute atomic E-state index is 0.257. The van der Waals surface area contributed by atoms with E-state index in [2.05, 4.69) is 34.2 Å². The Bertz CT molecular complexity index is 565. The summed E-state index contributed by atoms with van der Waals surface area (Å²) < 4.78 is 0. The average Bonchev–Trinajstić information content (AvgIpc) is 3.07. The zero-order chi connectivity index (χ0) is 17.4. The fourth-order valence-electron chi connectivity index (χ4n) is 2.67. The Morgan fingerprint density at radius 3 is 2.88 bits per heavy atom. The van der Waals surface area contributed by atoms with Crippen LogP contribution in [0.4, 0.5) is 4.79 Å². The minimum atomic E-state index is -0.470. The lowest BCUT2D eigenvalue weighted by Crippen LogP contribution is -2.49. The van der Waals surface area contributed by atoms with Crippen molar-refractivity contribution < 1.29 is 9.59 Å². The fraction of sp³-hybridized carbons (Fsp3) is 0.444. The van der Waals surface area contributed by atoms with Crippen LogP contribution in [-0.2, 0) is 4.79 Å². The van der Waals surface area contributed by atoms with Gasteiger partial charge in [0.1, 0.15) is 0 Å². The number of urea groups is 1. The maximum absolute atomic E-state index is 12.1. The van der Waals surface area contributed by atoms with Crippen LogP contribution in [0.25, 0.3) is 0 Å². The van der Waals surface area contributed by atoms with Gasteiger partial charge in [0.25, 0.3) is 0 Å². The Hall–Kier alpha value is -1.79. The molecule has 2 rings (SSSR count). The molecule has 2 N–H and O–H groups in total. The molecule has 6 heteroatoms. The Labute approximate surface area is 147 Å². The predicted octanol–water partition coefficient (Wildman–Crippen LogP) is 2.50. The van der Waals surface area contributed by atoms with Gasteiger partial charge in [-0.3, -0.25) is 15.0 Å². The number of hydrogen-bond donors (Lipinski definition) is 2. The monoisotopic (exact) mass is 347 g/mol. The molecule has 0 bridgehead atoms. The Kier molecular flexibility index (Phi) is 7.34. The van der Waals surface area contributed by atoms with Gasteiger partial charge in [-0.15, -0.1) is 18.3 Å². The Balaban J connectivity index is 1.74. The van der Waals surface area contributed by atoms with Crippen LogP contribution in [0, 0.1) is 5.92 Å². The molecule has 1 fully saturated rings. The lowest BCUT2D eigenvalue weighted by atomic mass is 10.2. The van der Waals surface area contributed by atoms with E-state index < -0.39 is 6.03 Å². The third-order valence-electron chi connectivity index (χ3n) is 4.12. The second-order valence-corrected chi connectivity index (χ2v) is 7.03. The summed E-state index contributed by atoms with van der Waals surface area (Å²) in [6.45, 7) is 7.50. The van der Waals surface area contributed by atoms with Crippen LogP contribution < -0.4 is 10.6 Å². The molecule has 0 aliphatic carbocycles. The first-order chi connectivity index (χ1) is 11.6. The highest BCUT2D eigenvalue weighted by Crippen LogP contribution is 2.26. The topological polar surface area (TPSA) is 61.4 Å². The predicted molar refractivity (Wildman–Crippen MR) is 98.0 cm³/mol. The van der Waals surface area contributed by atoms with Crippen molar-refractivity contribution in [1.29, 1.82) is 0 Å². The number of likely N-dealkylation sites (tertiary alicyclic amines) is 1. The van der Waals surface area contributed by atoms with E-state index in [1.54, 1.807) is 6.08 Å². The number of hydrogen-bond acceptors (Lipinski definition) is 4. The smallest absolute Gasteiger partial charge is 0.321 e. The van der Waals surface area contributed by atoms with Crippen molar-refractivity contribution in [2.75, 3.05) is 25.4 Å². The number of benzene rings is 1. The fourth-order valence-corrected chi connectivity index (χ4v) is 3.72. The van der Waals surface area contributed by atoms with Crippen LogP contribution in [0.3, 0.4) is 0 Å². The summed E-state index contributed by atoms with van der Waals surface area (Å²) in [7, 11) is 0. The molecule has 1 aliphatic heterocycles. The molecule has 0 saturated carbocycles. The second kappa shape index (κ2) is 9.49. The number of imide groups is 1. The first-order valence-corrected chi connectivity index (χ1v) is 9.20. The Morgan fingerprint density at radius 1 is 1.42 bits per heavy atom. The molecule has 0 radical (unpaired) electrons. The highest BCUT2D eigenvalue weighted by atomic mass is 32.2. The van der Waals surface area contributed by atoms with Crippen molar-refractivity contribution in [2.24, 2.45) is 5.92 Å². The summed E-state index contributed by atoms with van der Waals surface area (Å²) in [5.74, 6) is 1.36. The molecule has 0 aromatic heterocycles. The van der Waals surface area contributed by atoms with Gasteiger partial charge in [0.15, 0.2) is 0 Å². The standard InChI is InChI=1S/C18H25N3O2S/c1-3-10-19-18(23)20-17(22)14(2)21-11-9-15(12-21)13-24-16-7-5-4-6-8-16/h3-8,14-15H,1,9-13H2,2H3,(H2,19,20,22,23)/t14-,15+/m0/s1. The Morgan fingerprint density at radius 2 is 2.17 bits per heavy atom. The van der Waals surface area contributed by atoms with E-state index in [-0.39, 0.29) is 11.9 Å². The molecule has 1 heterocycles. The summed E-state index contributed by atoms with van der Waals surface area (Å²) in [5, 5.41) is 4.93. The molecular formula is C18H25N3O2S. The lowest BCUT2D eigenvalue weighted by Gasteiger charge is -2.23. The van der Waals surface area contributed by atoms with Crippen LogP contribution in [0.5, 0.6) is 0 Å². The van der Waals surface area contributed by atoms with Crippen molar-refractivity contribution in [1.82, 2.24) is 15.5 Å². The van der Waals surface area contributed by atoms with Crippen LogP contribution in [-0.4, -0.2) is 48.3 Å². The molecule has 1 saturated heterocycles. The van der Waals surface area contributed by atoms with E-state index in [1.807, 2.05) is 36.9 Å². The van der Waals surface area contributed by atoms with Gasteiger partial charge in [0, 0.05) is 23.7 Å². The average molecular weight is 347 g/mol. The van der Waals surface area contributed by atoms with Crippen molar-refractivity contribution in [3.8, 4) is 0 Å². The first-order valence-electron chi connectivity index (χ1n) is 8.21. The molecular weight excluding hydrogens is 322 g/mol. The third kappa shape index (κ3) is 5.69. The maximum Gasteiger partial charge on any atom is 0.321 e. The van der Waals surface area contributed by atoms with Crippen LogP contribution >= 0.6 is 11.8 Å². The van der Waals surface area contributed by atoms with Crippen molar-refractivity contribution in [3.63, 3.8) is 0 Å².